The summed E-state index contributed by atoms with van der Waals surface area (Å²) in [6.45, 7) is 3.02. The van der Waals surface area contributed by atoms with Gasteiger partial charge in [0.05, 0.1) is 18.8 Å². The number of nitrogens with zero attached hydrogens (tertiary/aromatic N) is 1. The van der Waals surface area contributed by atoms with E-state index in [1.807, 2.05) is 12.3 Å². The van der Waals surface area contributed by atoms with E-state index >= 15 is 0 Å². The summed E-state index contributed by atoms with van der Waals surface area (Å²) in [6, 6.07) is 10.6. The van der Waals surface area contributed by atoms with E-state index in [0.717, 1.165) is 29.9 Å². The Morgan fingerprint density at radius 2 is 2.14 bits per heavy atom. The third-order valence-electron chi connectivity index (χ3n) is 4.39. The number of aryl methyl sites for hydroxylation is 1. The number of aromatic nitrogens is 2. The van der Waals surface area contributed by atoms with Crippen molar-refractivity contribution in [1.82, 2.24) is 15.3 Å². The van der Waals surface area contributed by atoms with Gasteiger partial charge >= 0.3 is 0 Å². The van der Waals surface area contributed by atoms with Crippen molar-refractivity contribution in [2.75, 3.05) is 13.7 Å². The van der Waals surface area contributed by atoms with Crippen molar-refractivity contribution >= 4 is 10.9 Å². The molecule has 0 saturated heterocycles. The van der Waals surface area contributed by atoms with E-state index in [9.17, 15) is 0 Å². The Kier molecular flexibility index (Phi) is 3.12. The molecule has 112 valence electrons. The number of nitrogens with one attached hydrogen (secondary N) is 2. The van der Waals surface area contributed by atoms with E-state index in [4.69, 9.17) is 4.74 Å². The fourth-order valence-electron chi connectivity index (χ4n) is 3.24. The normalized spacial score (nSPS) is 17.5. The number of aromatic amines is 1. The fraction of sp³-hybridized carbons (Fsp3) is 0.278. The summed E-state index contributed by atoms with van der Waals surface area (Å²) in [5.41, 5.74) is 6.00. The Balaban J connectivity index is 1.85. The number of H-pyrrole nitrogens is 1. The van der Waals surface area contributed by atoms with Crippen molar-refractivity contribution in [2.45, 2.75) is 19.4 Å². The van der Waals surface area contributed by atoms with Crippen molar-refractivity contribution < 1.29 is 4.74 Å². The molecule has 1 aliphatic rings. The number of hydrogen-bond donors (Lipinski definition) is 2. The first-order valence-corrected chi connectivity index (χ1v) is 7.60. The van der Waals surface area contributed by atoms with Crippen LogP contribution in [0.5, 0.6) is 5.75 Å². The molecular weight excluding hydrogens is 274 g/mol. The number of hydrogen-bond acceptors (Lipinski definition) is 3. The van der Waals surface area contributed by atoms with Crippen LogP contribution in [0.4, 0.5) is 0 Å². The molecule has 22 heavy (non-hydrogen) atoms. The summed E-state index contributed by atoms with van der Waals surface area (Å²) < 4.78 is 5.37. The Morgan fingerprint density at radius 3 is 2.91 bits per heavy atom. The zero-order valence-corrected chi connectivity index (χ0v) is 12.8. The maximum Gasteiger partial charge on any atom is 0.119 e. The molecule has 3 aromatic rings. The van der Waals surface area contributed by atoms with E-state index < -0.39 is 0 Å². The van der Waals surface area contributed by atoms with Gasteiger partial charge in [-0.25, -0.2) is 0 Å². The maximum absolute atomic E-state index is 5.37. The lowest BCUT2D eigenvalue weighted by Gasteiger charge is -2.24. The molecule has 0 aliphatic carbocycles. The predicted molar refractivity (Wildman–Crippen MR) is 87.4 cm³/mol. The minimum atomic E-state index is 0.128. The van der Waals surface area contributed by atoms with Crippen LogP contribution in [0.25, 0.3) is 10.9 Å². The number of pyridine rings is 1. The molecule has 4 nitrogen and oxygen atoms in total. The number of ether oxygens (including phenoxy) is 1. The van der Waals surface area contributed by atoms with Crippen molar-refractivity contribution in [2.24, 2.45) is 0 Å². The first-order valence-electron chi connectivity index (χ1n) is 7.60. The van der Waals surface area contributed by atoms with Crippen LogP contribution in [0.3, 0.4) is 0 Å². The summed E-state index contributed by atoms with van der Waals surface area (Å²) in [4.78, 5) is 8.17. The van der Waals surface area contributed by atoms with Gasteiger partial charge in [0.25, 0.3) is 0 Å². The summed E-state index contributed by atoms with van der Waals surface area (Å²) in [5, 5.41) is 4.83. The molecule has 1 unspecified atom stereocenters. The highest BCUT2D eigenvalue weighted by atomic mass is 16.5. The topological polar surface area (TPSA) is 49.9 Å². The quantitative estimate of drug-likeness (QED) is 0.763. The number of benzene rings is 1. The van der Waals surface area contributed by atoms with E-state index in [0.29, 0.717) is 0 Å². The van der Waals surface area contributed by atoms with E-state index in [2.05, 4.69) is 46.5 Å². The smallest absolute Gasteiger partial charge is 0.119 e. The number of fused-ring (bicyclic) bond motifs is 3. The third kappa shape index (κ3) is 2.07. The first kappa shape index (κ1) is 13.3. The molecule has 0 bridgehead atoms. The number of rotatable bonds is 2. The van der Waals surface area contributed by atoms with E-state index in [-0.39, 0.29) is 6.04 Å². The molecule has 4 heteroatoms. The van der Waals surface area contributed by atoms with Crippen LogP contribution in [-0.2, 0) is 6.42 Å². The fourth-order valence-corrected chi connectivity index (χ4v) is 3.24. The molecule has 1 atom stereocenters. The standard InChI is InChI=1S/C18H19N3O/c1-11-3-5-16(20-10-11)18-17-13(7-8-19-18)14-9-12(22-2)4-6-15(14)21-17/h3-6,9-10,18-19,21H,7-8H2,1-2H3. The van der Waals surface area contributed by atoms with Gasteiger partial charge in [-0.1, -0.05) is 6.07 Å². The molecule has 0 fully saturated rings. The molecule has 0 saturated carbocycles. The van der Waals surface area contributed by atoms with Crippen LogP contribution in [0.15, 0.2) is 36.5 Å². The number of methoxy groups -OCH3 is 1. The Labute approximate surface area is 129 Å². The van der Waals surface area contributed by atoms with Crippen LogP contribution in [0.1, 0.15) is 28.6 Å². The highest BCUT2D eigenvalue weighted by molar-refractivity contribution is 5.86. The lowest BCUT2D eigenvalue weighted by molar-refractivity contribution is 0.415. The lowest BCUT2D eigenvalue weighted by Crippen LogP contribution is -2.31. The van der Waals surface area contributed by atoms with Crippen LogP contribution in [0, 0.1) is 6.92 Å². The monoisotopic (exact) mass is 293 g/mol. The van der Waals surface area contributed by atoms with Crippen molar-refractivity contribution in [3.8, 4) is 5.75 Å². The minimum Gasteiger partial charge on any atom is -0.497 e. The van der Waals surface area contributed by atoms with Gasteiger partial charge in [0.15, 0.2) is 0 Å². The Morgan fingerprint density at radius 1 is 1.23 bits per heavy atom. The zero-order valence-electron chi connectivity index (χ0n) is 12.8. The van der Waals surface area contributed by atoms with E-state index in [1.54, 1.807) is 7.11 Å². The summed E-state index contributed by atoms with van der Waals surface area (Å²) >= 11 is 0. The van der Waals surface area contributed by atoms with Gasteiger partial charge in [-0.2, -0.15) is 0 Å². The summed E-state index contributed by atoms with van der Waals surface area (Å²) in [5.74, 6) is 0.901. The maximum atomic E-state index is 5.37. The van der Waals surface area contributed by atoms with Crippen LogP contribution >= 0.6 is 0 Å². The van der Waals surface area contributed by atoms with Gasteiger partial charge in [-0.3, -0.25) is 4.98 Å². The average Bonchev–Trinajstić information content (AvgIpc) is 2.93. The molecule has 2 aromatic heterocycles. The van der Waals surface area contributed by atoms with Gasteiger partial charge in [0.2, 0.25) is 0 Å². The third-order valence-corrected chi connectivity index (χ3v) is 4.39. The van der Waals surface area contributed by atoms with Gasteiger partial charge in [-0.15, -0.1) is 0 Å². The van der Waals surface area contributed by atoms with Crippen molar-refractivity contribution in [1.29, 1.82) is 0 Å². The van der Waals surface area contributed by atoms with Crippen LogP contribution in [0.2, 0.25) is 0 Å². The minimum absolute atomic E-state index is 0.128. The molecule has 0 spiro atoms. The summed E-state index contributed by atoms with van der Waals surface area (Å²) in [7, 11) is 1.71. The summed E-state index contributed by atoms with van der Waals surface area (Å²) in [6.07, 6.45) is 2.95. The van der Waals surface area contributed by atoms with Gasteiger partial charge in [0, 0.05) is 29.3 Å². The van der Waals surface area contributed by atoms with Crippen molar-refractivity contribution in [3.63, 3.8) is 0 Å². The second-order valence-corrected chi connectivity index (χ2v) is 5.83. The zero-order chi connectivity index (χ0) is 15.1. The molecular formula is C18H19N3O. The highest BCUT2D eigenvalue weighted by Gasteiger charge is 2.26. The van der Waals surface area contributed by atoms with Crippen LogP contribution < -0.4 is 10.1 Å². The van der Waals surface area contributed by atoms with E-state index in [1.165, 1.54) is 22.2 Å². The Bertz CT molecular complexity index is 820. The average molecular weight is 293 g/mol. The molecule has 0 amide bonds. The highest BCUT2D eigenvalue weighted by Crippen LogP contribution is 2.34. The molecule has 4 rings (SSSR count). The predicted octanol–water partition coefficient (Wildman–Crippen LogP) is 3.12. The molecule has 1 aliphatic heterocycles. The molecule has 2 N–H and O–H groups in total. The van der Waals surface area contributed by atoms with Gasteiger partial charge in [-0.05, 0) is 48.7 Å². The largest absolute Gasteiger partial charge is 0.497 e. The van der Waals surface area contributed by atoms with Crippen LogP contribution in [-0.4, -0.2) is 23.6 Å². The molecule has 0 radical (unpaired) electrons. The lowest BCUT2D eigenvalue weighted by atomic mass is 9.97. The van der Waals surface area contributed by atoms with Gasteiger partial charge < -0.3 is 15.0 Å². The van der Waals surface area contributed by atoms with Crippen molar-refractivity contribution in [3.05, 3.63) is 59.0 Å². The van der Waals surface area contributed by atoms with Gasteiger partial charge in [0.1, 0.15) is 5.75 Å². The molecule has 3 heterocycles. The second kappa shape index (κ2) is 5.14. The second-order valence-electron chi connectivity index (χ2n) is 5.83. The first-order chi connectivity index (χ1) is 10.8. The Hall–Kier alpha value is -2.33. The molecule has 1 aromatic carbocycles. The SMILES string of the molecule is COc1ccc2[nH]c3c(c2c1)CCNC3c1ccc(C)cn1.